The molecule has 1 aliphatic rings. The van der Waals surface area contributed by atoms with Crippen LogP contribution in [0.1, 0.15) is 24.0 Å². The maximum atomic E-state index is 13.5. The van der Waals surface area contributed by atoms with Gasteiger partial charge in [0.25, 0.3) is 5.56 Å². The first-order valence-corrected chi connectivity index (χ1v) is 14.1. The van der Waals surface area contributed by atoms with Crippen molar-refractivity contribution in [1.29, 1.82) is 0 Å². The minimum Gasteiger partial charge on any atom is -0.361 e. The summed E-state index contributed by atoms with van der Waals surface area (Å²) in [5.74, 6) is 0.385. The van der Waals surface area contributed by atoms with Gasteiger partial charge in [-0.05, 0) is 49.4 Å². The van der Waals surface area contributed by atoms with Crippen LogP contribution in [0.5, 0.6) is 0 Å². The van der Waals surface area contributed by atoms with Crippen molar-refractivity contribution in [3.8, 4) is 11.4 Å². The number of aryl methyl sites for hydroxylation is 2. The van der Waals surface area contributed by atoms with Crippen molar-refractivity contribution < 1.29 is 8.42 Å². The van der Waals surface area contributed by atoms with Gasteiger partial charge < -0.3 is 9.55 Å². The third kappa shape index (κ3) is 3.85. The molecule has 192 valence electrons. The summed E-state index contributed by atoms with van der Waals surface area (Å²) >= 11 is 0. The van der Waals surface area contributed by atoms with Gasteiger partial charge in [0, 0.05) is 50.2 Å². The molecular weight excluding hydrogens is 492 g/mol. The minimum atomic E-state index is -3.48. The summed E-state index contributed by atoms with van der Waals surface area (Å²) in [5.41, 5.74) is 3.57. The molecule has 11 heteroatoms. The molecule has 0 radical (unpaired) electrons. The Morgan fingerprint density at radius 3 is 2.57 bits per heavy atom. The Hall–Kier alpha value is -3.86. The molecule has 1 fully saturated rings. The van der Waals surface area contributed by atoms with Crippen LogP contribution in [0.25, 0.3) is 33.3 Å². The van der Waals surface area contributed by atoms with E-state index in [1.54, 1.807) is 26.9 Å². The number of fused-ring (bicyclic) bond motifs is 2. The van der Waals surface area contributed by atoms with Gasteiger partial charge in [-0.3, -0.25) is 18.6 Å². The largest absolute Gasteiger partial charge is 0.361 e. The Kier molecular flexibility index (Phi) is 5.13. The van der Waals surface area contributed by atoms with E-state index in [9.17, 15) is 18.0 Å². The number of aromatic nitrogens is 6. The number of aromatic amines is 1. The van der Waals surface area contributed by atoms with E-state index in [0.717, 1.165) is 45.7 Å². The quantitative estimate of drug-likeness (QED) is 0.369. The average molecular weight is 521 g/mol. The average Bonchev–Trinajstić information content (AvgIpc) is 3.27. The molecule has 0 amide bonds. The standard InChI is InChI=1S/C26H28N6O4S/c1-15-5-8-20-19(9-15)17(11-27-20)13-32-23(21-10-18(14-29(21)2)37(4,35)36)22-24(28-32)31(12-16-6-7-16)26(34)30(3)25(22)33/h5,8-11,14,16,27H,6-7,12-13H2,1-4H3. The summed E-state index contributed by atoms with van der Waals surface area (Å²) in [6, 6.07) is 7.72. The molecule has 4 heterocycles. The van der Waals surface area contributed by atoms with Crippen LogP contribution in [0.4, 0.5) is 0 Å². The zero-order valence-electron chi connectivity index (χ0n) is 21.1. The number of H-pyrrole nitrogens is 1. The second kappa shape index (κ2) is 8.07. The molecule has 0 saturated heterocycles. The lowest BCUT2D eigenvalue weighted by Crippen LogP contribution is -2.38. The van der Waals surface area contributed by atoms with Crippen molar-refractivity contribution in [2.45, 2.75) is 37.8 Å². The van der Waals surface area contributed by atoms with E-state index < -0.39 is 21.1 Å². The van der Waals surface area contributed by atoms with E-state index in [1.165, 1.54) is 13.2 Å². The Morgan fingerprint density at radius 2 is 1.89 bits per heavy atom. The van der Waals surface area contributed by atoms with Gasteiger partial charge in [0.1, 0.15) is 11.1 Å². The fraction of sp³-hybridized carbons (Fsp3) is 0.346. The Bertz CT molecular complexity index is 1950. The van der Waals surface area contributed by atoms with Gasteiger partial charge >= 0.3 is 5.69 Å². The van der Waals surface area contributed by atoms with Gasteiger partial charge in [-0.15, -0.1) is 0 Å². The fourth-order valence-corrected chi connectivity index (χ4v) is 5.69. The molecule has 0 atom stereocenters. The number of benzene rings is 1. The predicted octanol–water partition coefficient (Wildman–Crippen LogP) is 2.55. The predicted molar refractivity (Wildman–Crippen MR) is 142 cm³/mol. The highest BCUT2D eigenvalue weighted by Gasteiger charge is 2.29. The molecule has 0 spiro atoms. The van der Waals surface area contributed by atoms with E-state index >= 15 is 0 Å². The number of nitrogens with zero attached hydrogens (tertiary/aromatic N) is 5. The van der Waals surface area contributed by atoms with Crippen molar-refractivity contribution in [2.24, 2.45) is 20.0 Å². The summed E-state index contributed by atoms with van der Waals surface area (Å²) in [4.78, 5) is 30.1. The van der Waals surface area contributed by atoms with Crippen LogP contribution < -0.4 is 11.2 Å². The lowest BCUT2D eigenvalue weighted by Gasteiger charge is -2.09. The van der Waals surface area contributed by atoms with E-state index in [-0.39, 0.29) is 4.90 Å². The number of nitrogens with one attached hydrogen (secondary N) is 1. The lowest BCUT2D eigenvalue weighted by atomic mass is 10.1. The van der Waals surface area contributed by atoms with Gasteiger partial charge in [0.15, 0.2) is 15.5 Å². The van der Waals surface area contributed by atoms with Gasteiger partial charge in [-0.2, -0.15) is 5.10 Å². The van der Waals surface area contributed by atoms with Crippen LogP contribution in [-0.4, -0.2) is 43.1 Å². The molecule has 1 N–H and O–H groups in total. The summed E-state index contributed by atoms with van der Waals surface area (Å²) < 4.78 is 30.8. The maximum Gasteiger partial charge on any atom is 0.332 e. The van der Waals surface area contributed by atoms with Gasteiger partial charge in [0.05, 0.1) is 17.1 Å². The molecule has 10 nitrogen and oxygen atoms in total. The smallest absolute Gasteiger partial charge is 0.332 e. The maximum absolute atomic E-state index is 13.5. The van der Waals surface area contributed by atoms with E-state index in [2.05, 4.69) is 11.1 Å². The van der Waals surface area contributed by atoms with Crippen LogP contribution in [0.2, 0.25) is 0 Å². The van der Waals surface area contributed by atoms with Crippen molar-refractivity contribution >= 4 is 31.8 Å². The number of hydrogen-bond donors (Lipinski definition) is 1. The van der Waals surface area contributed by atoms with Crippen molar-refractivity contribution in [1.82, 2.24) is 28.5 Å². The van der Waals surface area contributed by atoms with E-state index in [4.69, 9.17) is 5.10 Å². The Labute approximate surface area is 212 Å². The minimum absolute atomic E-state index is 0.150. The normalized spacial score (nSPS) is 14.3. The molecule has 6 rings (SSSR count). The molecule has 0 unspecified atom stereocenters. The van der Waals surface area contributed by atoms with Crippen LogP contribution >= 0.6 is 0 Å². The van der Waals surface area contributed by atoms with Gasteiger partial charge in [-0.25, -0.2) is 13.2 Å². The molecule has 0 aliphatic heterocycles. The molecule has 1 saturated carbocycles. The first-order chi connectivity index (χ1) is 17.5. The third-order valence-corrected chi connectivity index (χ3v) is 8.34. The second-order valence-electron chi connectivity index (χ2n) is 10.2. The van der Waals surface area contributed by atoms with Crippen molar-refractivity contribution in [3.05, 3.63) is 68.6 Å². The van der Waals surface area contributed by atoms with Crippen LogP contribution in [0.15, 0.2) is 51.1 Å². The van der Waals surface area contributed by atoms with Gasteiger partial charge in [-0.1, -0.05) is 11.6 Å². The highest BCUT2D eigenvalue weighted by atomic mass is 32.2. The molecular formula is C26H28N6O4S. The number of hydrogen-bond acceptors (Lipinski definition) is 5. The molecule has 37 heavy (non-hydrogen) atoms. The second-order valence-corrected chi connectivity index (χ2v) is 12.2. The van der Waals surface area contributed by atoms with E-state index in [0.29, 0.717) is 41.4 Å². The van der Waals surface area contributed by atoms with Gasteiger partial charge in [0.2, 0.25) is 0 Å². The topological polar surface area (TPSA) is 117 Å². The SMILES string of the molecule is Cc1ccc2[nH]cc(Cn3nc4c(c3-c3cc(S(C)(=O)=O)cn3C)c(=O)n(C)c(=O)n4CC3CC3)c2c1. The monoisotopic (exact) mass is 520 g/mol. The molecule has 1 aliphatic carbocycles. The number of rotatable bonds is 6. The summed E-state index contributed by atoms with van der Waals surface area (Å²) in [5, 5.41) is 6.18. The summed E-state index contributed by atoms with van der Waals surface area (Å²) in [6.07, 6.45) is 6.68. The van der Waals surface area contributed by atoms with E-state index in [1.807, 2.05) is 25.3 Å². The van der Waals surface area contributed by atoms with Crippen LogP contribution in [0.3, 0.4) is 0 Å². The molecule has 0 bridgehead atoms. The fourth-order valence-electron chi connectivity index (χ4n) is 5.02. The molecule has 4 aromatic heterocycles. The molecule has 5 aromatic rings. The van der Waals surface area contributed by atoms with Crippen LogP contribution in [-0.2, 0) is 37.0 Å². The Balaban J connectivity index is 1.67. The number of sulfone groups is 1. The Morgan fingerprint density at radius 1 is 1.14 bits per heavy atom. The highest BCUT2D eigenvalue weighted by molar-refractivity contribution is 7.90. The third-order valence-electron chi connectivity index (χ3n) is 7.26. The first kappa shape index (κ1) is 23.5. The van der Waals surface area contributed by atoms with Crippen molar-refractivity contribution in [2.75, 3.05) is 6.26 Å². The highest BCUT2D eigenvalue weighted by Crippen LogP contribution is 2.33. The molecule has 1 aromatic carbocycles. The zero-order valence-corrected chi connectivity index (χ0v) is 22.0. The summed E-state index contributed by atoms with van der Waals surface area (Å²) in [6.45, 7) is 2.85. The van der Waals surface area contributed by atoms with Crippen molar-refractivity contribution in [3.63, 3.8) is 0 Å². The first-order valence-electron chi connectivity index (χ1n) is 12.2. The van der Waals surface area contributed by atoms with Crippen LogP contribution in [0, 0.1) is 12.8 Å². The summed E-state index contributed by atoms with van der Waals surface area (Å²) in [7, 11) is -0.261. The lowest BCUT2D eigenvalue weighted by molar-refractivity contribution is 0.572. The zero-order chi connectivity index (χ0) is 26.2.